The number of halogens is 3. The summed E-state index contributed by atoms with van der Waals surface area (Å²) in [6, 6.07) is 14.1. The van der Waals surface area contributed by atoms with Gasteiger partial charge >= 0.3 is 12.2 Å². The number of rotatable bonds is 9. The van der Waals surface area contributed by atoms with Gasteiger partial charge in [0.15, 0.2) is 0 Å². The Bertz CT molecular complexity index is 1370. The number of aromatic nitrogens is 1. The van der Waals surface area contributed by atoms with Crippen molar-refractivity contribution < 1.29 is 32.2 Å². The van der Waals surface area contributed by atoms with Gasteiger partial charge in [0.2, 0.25) is 0 Å². The van der Waals surface area contributed by atoms with Crippen molar-refractivity contribution in [1.29, 1.82) is 0 Å². The summed E-state index contributed by atoms with van der Waals surface area (Å²) >= 11 is 0. The second-order valence-corrected chi connectivity index (χ2v) is 9.17. The fourth-order valence-electron chi connectivity index (χ4n) is 4.47. The Morgan fingerprint density at radius 1 is 1.07 bits per heavy atom. The molecule has 1 unspecified atom stereocenters. The van der Waals surface area contributed by atoms with Crippen LogP contribution in [-0.2, 0) is 22.8 Å². The number of hydrogen-bond donors (Lipinski definition) is 1. The van der Waals surface area contributed by atoms with Crippen LogP contribution in [0.2, 0.25) is 0 Å². The summed E-state index contributed by atoms with van der Waals surface area (Å²) < 4.78 is 51.3. The lowest BCUT2D eigenvalue weighted by Gasteiger charge is -2.27. The first-order valence-electron chi connectivity index (χ1n) is 12.5. The molecule has 1 N–H and O–H groups in total. The van der Waals surface area contributed by atoms with E-state index in [1.54, 1.807) is 13.2 Å². The summed E-state index contributed by atoms with van der Waals surface area (Å²) in [5.41, 5.74) is 1.65. The van der Waals surface area contributed by atoms with Gasteiger partial charge in [-0.05, 0) is 42.5 Å². The molecule has 3 aromatic rings. The zero-order valence-electron chi connectivity index (χ0n) is 22.3. The quantitative estimate of drug-likeness (QED) is 0.405. The Labute approximate surface area is 229 Å². The molecule has 1 aliphatic rings. The average Bonchev–Trinajstić information content (AvgIpc) is 3.57. The number of hydrazone groups is 1. The lowest BCUT2D eigenvalue weighted by Crippen LogP contribution is -2.44. The molecule has 1 aromatic heterocycles. The maximum atomic E-state index is 13.7. The van der Waals surface area contributed by atoms with Crippen molar-refractivity contribution in [3.8, 4) is 5.75 Å². The third kappa shape index (κ3) is 6.45. The van der Waals surface area contributed by atoms with Gasteiger partial charge in [0.25, 0.3) is 5.91 Å². The predicted octanol–water partition coefficient (Wildman–Crippen LogP) is 4.91. The number of methoxy groups -OCH3 is 2. The van der Waals surface area contributed by atoms with Gasteiger partial charge in [-0.3, -0.25) is 4.79 Å². The Balaban J connectivity index is 1.58. The molecule has 0 fully saturated rings. The van der Waals surface area contributed by atoms with Gasteiger partial charge in [0.1, 0.15) is 12.3 Å². The van der Waals surface area contributed by atoms with Gasteiger partial charge in [-0.25, -0.2) is 9.80 Å². The monoisotopic (exact) mass is 557 g/mol. The Hall–Kier alpha value is -4.32. The molecule has 2 heterocycles. The van der Waals surface area contributed by atoms with E-state index in [2.05, 4.69) is 10.4 Å². The molecule has 3 amide bonds. The minimum atomic E-state index is -4.49. The van der Waals surface area contributed by atoms with Gasteiger partial charge < -0.3 is 24.3 Å². The fraction of sp³-hybridized carbons (Fsp3) is 0.321. The summed E-state index contributed by atoms with van der Waals surface area (Å²) in [5.74, 6) is 0.156. The van der Waals surface area contributed by atoms with Gasteiger partial charge in [-0.1, -0.05) is 18.2 Å². The standard InChI is InChI=1S/C28H30F3N5O4/c1-34-14-6-8-23(34)22-17-24(21-7-4-5-9-25(21)40-3)36(33-22)26(37)18-35(15-16-39-2)27(38)32-20-12-10-19(11-13-20)28(29,30)31/h4-14,24H,15-18H2,1-3H3,(H,32,38). The maximum absolute atomic E-state index is 13.7. The van der Waals surface area contributed by atoms with E-state index in [1.165, 1.54) is 17.0 Å². The SMILES string of the molecule is COCCN(CC(=O)N1N=C(c2cccn2C)CC1c1ccccc1OC)C(=O)Nc1ccc(C(F)(F)F)cc1. The van der Waals surface area contributed by atoms with Crippen LogP contribution in [0.5, 0.6) is 5.75 Å². The molecule has 0 aliphatic carbocycles. The van der Waals surface area contributed by atoms with Crippen molar-refractivity contribution in [2.24, 2.45) is 12.1 Å². The van der Waals surface area contributed by atoms with Crippen LogP contribution in [0.1, 0.15) is 29.3 Å². The summed E-state index contributed by atoms with van der Waals surface area (Å²) in [4.78, 5) is 28.0. The normalized spacial score (nSPS) is 15.1. The highest BCUT2D eigenvalue weighted by atomic mass is 19.4. The molecule has 0 bridgehead atoms. The number of nitrogens with one attached hydrogen (secondary N) is 1. The number of aryl methyl sites for hydroxylation is 1. The van der Waals surface area contributed by atoms with Crippen molar-refractivity contribution in [2.45, 2.75) is 18.6 Å². The van der Waals surface area contributed by atoms with E-state index in [0.29, 0.717) is 17.9 Å². The fourth-order valence-corrected chi connectivity index (χ4v) is 4.47. The number of alkyl halides is 3. The number of anilines is 1. The van der Waals surface area contributed by atoms with E-state index in [9.17, 15) is 22.8 Å². The first-order valence-corrected chi connectivity index (χ1v) is 12.5. The van der Waals surface area contributed by atoms with Crippen LogP contribution < -0.4 is 10.1 Å². The number of amides is 3. The number of para-hydroxylation sites is 1. The molecule has 212 valence electrons. The van der Waals surface area contributed by atoms with Crippen LogP contribution in [0.4, 0.5) is 23.7 Å². The van der Waals surface area contributed by atoms with E-state index in [0.717, 1.165) is 35.5 Å². The van der Waals surface area contributed by atoms with Crippen molar-refractivity contribution in [2.75, 3.05) is 39.2 Å². The summed E-state index contributed by atoms with van der Waals surface area (Å²) in [7, 11) is 4.90. The van der Waals surface area contributed by atoms with Crippen LogP contribution in [0.25, 0.3) is 0 Å². The van der Waals surface area contributed by atoms with Crippen LogP contribution in [0.3, 0.4) is 0 Å². The number of nitrogens with zero attached hydrogens (tertiary/aromatic N) is 4. The van der Waals surface area contributed by atoms with Crippen molar-refractivity contribution in [3.63, 3.8) is 0 Å². The predicted molar refractivity (Wildman–Crippen MR) is 143 cm³/mol. The largest absolute Gasteiger partial charge is 0.496 e. The molecule has 40 heavy (non-hydrogen) atoms. The first kappa shape index (κ1) is 28.7. The molecule has 9 nitrogen and oxygen atoms in total. The highest BCUT2D eigenvalue weighted by molar-refractivity contribution is 6.02. The van der Waals surface area contributed by atoms with E-state index in [-0.39, 0.29) is 25.4 Å². The molecule has 2 aromatic carbocycles. The molecule has 4 rings (SSSR count). The topological polar surface area (TPSA) is 88.4 Å². The number of carbonyl (C=O) groups is 2. The molecule has 12 heteroatoms. The van der Waals surface area contributed by atoms with E-state index >= 15 is 0 Å². The van der Waals surface area contributed by atoms with Crippen molar-refractivity contribution >= 4 is 23.3 Å². The van der Waals surface area contributed by atoms with Crippen molar-refractivity contribution in [1.82, 2.24) is 14.5 Å². The lowest BCUT2D eigenvalue weighted by molar-refractivity contribution is -0.137. The Morgan fingerprint density at radius 3 is 2.42 bits per heavy atom. The van der Waals surface area contributed by atoms with Gasteiger partial charge in [0.05, 0.1) is 36.7 Å². The Kier molecular flexibility index (Phi) is 8.78. The lowest BCUT2D eigenvalue weighted by atomic mass is 9.99. The molecule has 0 saturated carbocycles. The van der Waals surface area contributed by atoms with E-state index < -0.39 is 29.7 Å². The zero-order chi connectivity index (χ0) is 28.9. The van der Waals surface area contributed by atoms with E-state index in [1.807, 2.05) is 48.1 Å². The molecule has 0 spiro atoms. The number of urea groups is 1. The third-order valence-corrected chi connectivity index (χ3v) is 6.55. The number of ether oxygens (including phenoxy) is 2. The van der Waals surface area contributed by atoms with Crippen LogP contribution in [0, 0.1) is 0 Å². The molecular weight excluding hydrogens is 527 g/mol. The van der Waals surface area contributed by atoms with Gasteiger partial charge in [-0.15, -0.1) is 0 Å². The first-order chi connectivity index (χ1) is 19.1. The summed E-state index contributed by atoms with van der Waals surface area (Å²) in [6.07, 6.45) is -2.18. The highest BCUT2D eigenvalue weighted by Crippen LogP contribution is 2.37. The smallest absolute Gasteiger partial charge is 0.416 e. The minimum Gasteiger partial charge on any atom is -0.496 e. The number of hydrogen-bond acceptors (Lipinski definition) is 5. The highest BCUT2D eigenvalue weighted by Gasteiger charge is 2.36. The maximum Gasteiger partial charge on any atom is 0.416 e. The van der Waals surface area contributed by atoms with Crippen LogP contribution >= 0.6 is 0 Å². The van der Waals surface area contributed by atoms with Crippen LogP contribution in [-0.4, -0.2) is 66.0 Å². The van der Waals surface area contributed by atoms with Gasteiger partial charge in [0, 0.05) is 44.6 Å². The molecule has 1 aliphatic heterocycles. The second kappa shape index (κ2) is 12.2. The third-order valence-electron chi connectivity index (χ3n) is 6.55. The second-order valence-electron chi connectivity index (χ2n) is 9.17. The molecule has 1 atom stereocenters. The molecule has 0 radical (unpaired) electrons. The van der Waals surface area contributed by atoms with Crippen molar-refractivity contribution in [3.05, 3.63) is 83.7 Å². The Morgan fingerprint density at radius 2 is 1.80 bits per heavy atom. The van der Waals surface area contributed by atoms with Crippen LogP contribution in [0.15, 0.2) is 72.0 Å². The number of benzene rings is 2. The minimum absolute atomic E-state index is 0.0657. The van der Waals surface area contributed by atoms with Gasteiger partial charge in [-0.2, -0.15) is 18.3 Å². The zero-order valence-corrected chi connectivity index (χ0v) is 22.3. The molecule has 0 saturated heterocycles. The molecular formula is C28H30F3N5O4. The number of carbonyl (C=O) groups excluding carboxylic acids is 2. The average molecular weight is 558 g/mol. The van der Waals surface area contributed by atoms with E-state index in [4.69, 9.17) is 9.47 Å². The summed E-state index contributed by atoms with van der Waals surface area (Å²) in [5, 5.41) is 8.59. The summed E-state index contributed by atoms with van der Waals surface area (Å²) in [6.45, 7) is -0.136.